The Morgan fingerprint density at radius 1 is 0.773 bits per heavy atom. The minimum Gasteiger partial charge on any atom is -0.350 e. The molecule has 0 radical (unpaired) electrons. The van der Waals surface area contributed by atoms with E-state index in [1.807, 2.05) is 81.4 Å². The van der Waals surface area contributed by atoms with E-state index >= 15 is 0 Å². The van der Waals surface area contributed by atoms with Crippen LogP contribution in [0.15, 0.2) is 114 Å². The first-order valence-corrected chi connectivity index (χ1v) is 16.3. The zero-order valence-corrected chi connectivity index (χ0v) is 27.1. The SMILES string of the molecule is CC(C)(C)NC(=O)[C@@H](Cc1ccccc1)N(Cc1ccccc1)C(=O)CN(c1cccc(Cl)c1)S(=O)(=O)c1ccc(Cl)cc1. The predicted molar refractivity (Wildman–Crippen MR) is 176 cm³/mol. The molecule has 4 rings (SSSR count). The summed E-state index contributed by atoms with van der Waals surface area (Å²) in [4.78, 5) is 29.7. The van der Waals surface area contributed by atoms with E-state index in [2.05, 4.69) is 5.32 Å². The van der Waals surface area contributed by atoms with E-state index in [1.165, 1.54) is 35.2 Å². The average Bonchev–Trinajstić information content (AvgIpc) is 2.98. The molecule has 1 atom stereocenters. The van der Waals surface area contributed by atoms with Crippen LogP contribution >= 0.6 is 23.2 Å². The summed E-state index contributed by atoms with van der Waals surface area (Å²) in [5.41, 5.74) is 1.28. The number of hydrogen-bond donors (Lipinski definition) is 1. The fraction of sp³-hybridized carbons (Fsp3) is 0.235. The van der Waals surface area contributed by atoms with Crippen molar-refractivity contribution < 1.29 is 18.0 Å². The molecule has 4 aromatic carbocycles. The van der Waals surface area contributed by atoms with Gasteiger partial charge in [0, 0.05) is 28.5 Å². The van der Waals surface area contributed by atoms with Crippen molar-refractivity contribution in [1.29, 1.82) is 0 Å². The quantitative estimate of drug-likeness (QED) is 0.194. The molecule has 0 saturated carbocycles. The zero-order chi connectivity index (χ0) is 31.9. The van der Waals surface area contributed by atoms with Crippen LogP contribution in [0.25, 0.3) is 0 Å². The number of benzene rings is 4. The van der Waals surface area contributed by atoms with Crippen molar-refractivity contribution in [2.24, 2.45) is 0 Å². The maximum Gasteiger partial charge on any atom is 0.264 e. The van der Waals surface area contributed by atoms with Crippen molar-refractivity contribution in [2.75, 3.05) is 10.8 Å². The van der Waals surface area contributed by atoms with Crippen LogP contribution in [-0.2, 0) is 32.6 Å². The number of sulfonamides is 1. The van der Waals surface area contributed by atoms with Gasteiger partial charge < -0.3 is 10.2 Å². The molecular formula is C34H35Cl2N3O4S. The number of amides is 2. The molecule has 10 heteroatoms. The summed E-state index contributed by atoms with van der Waals surface area (Å²) < 4.78 is 29.1. The molecule has 7 nitrogen and oxygen atoms in total. The highest BCUT2D eigenvalue weighted by Gasteiger charge is 2.35. The van der Waals surface area contributed by atoms with Crippen molar-refractivity contribution >= 4 is 50.7 Å². The Labute approximate surface area is 269 Å². The lowest BCUT2D eigenvalue weighted by atomic mass is 10.0. The Balaban J connectivity index is 1.80. The lowest BCUT2D eigenvalue weighted by Crippen LogP contribution is -2.56. The van der Waals surface area contributed by atoms with Crippen LogP contribution in [0.3, 0.4) is 0 Å². The molecule has 0 aliphatic rings. The van der Waals surface area contributed by atoms with E-state index in [4.69, 9.17) is 23.2 Å². The van der Waals surface area contributed by atoms with E-state index in [-0.39, 0.29) is 29.5 Å². The average molecular weight is 653 g/mol. The van der Waals surface area contributed by atoms with Crippen LogP contribution in [0.1, 0.15) is 31.9 Å². The summed E-state index contributed by atoms with van der Waals surface area (Å²) in [5.74, 6) is -0.906. The summed E-state index contributed by atoms with van der Waals surface area (Å²) in [5, 5.41) is 3.70. The molecular weight excluding hydrogens is 617 g/mol. The van der Waals surface area contributed by atoms with E-state index < -0.39 is 34.1 Å². The highest BCUT2D eigenvalue weighted by Crippen LogP contribution is 2.28. The van der Waals surface area contributed by atoms with Crippen molar-refractivity contribution in [2.45, 2.75) is 50.2 Å². The Kier molecular flexibility index (Phi) is 10.7. The molecule has 0 bridgehead atoms. The maximum atomic E-state index is 14.4. The minimum absolute atomic E-state index is 0.0457. The molecule has 4 aromatic rings. The highest BCUT2D eigenvalue weighted by molar-refractivity contribution is 7.92. The summed E-state index contributed by atoms with van der Waals surface area (Å²) in [6.07, 6.45) is 0.225. The first-order chi connectivity index (χ1) is 20.8. The third-order valence-corrected chi connectivity index (χ3v) is 9.02. The topological polar surface area (TPSA) is 86.8 Å². The van der Waals surface area contributed by atoms with Gasteiger partial charge in [-0.3, -0.25) is 13.9 Å². The third kappa shape index (κ3) is 8.85. The van der Waals surface area contributed by atoms with E-state index in [9.17, 15) is 18.0 Å². The van der Waals surface area contributed by atoms with Gasteiger partial charge in [0.25, 0.3) is 10.0 Å². The Morgan fingerprint density at radius 3 is 1.93 bits per heavy atom. The van der Waals surface area contributed by atoms with E-state index in [0.29, 0.717) is 10.0 Å². The molecule has 0 aliphatic heterocycles. The van der Waals surface area contributed by atoms with Gasteiger partial charge in [-0.05, 0) is 74.4 Å². The molecule has 0 aliphatic carbocycles. The number of anilines is 1. The molecule has 2 amide bonds. The molecule has 0 aromatic heterocycles. The second-order valence-corrected chi connectivity index (χ2v) is 14.1. The lowest BCUT2D eigenvalue weighted by molar-refractivity contribution is -0.140. The molecule has 230 valence electrons. The summed E-state index contributed by atoms with van der Waals surface area (Å²) >= 11 is 12.3. The first kappa shape index (κ1) is 33.1. The number of rotatable bonds is 11. The van der Waals surface area contributed by atoms with Gasteiger partial charge in [-0.2, -0.15) is 0 Å². The van der Waals surface area contributed by atoms with Gasteiger partial charge in [0.15, 0.2) is 0 Å². The number of carbonyl (C=O) groups is 2. The second kappa shape index (κ2) is 14.3. The second-order valence-electron chi connectivity index (χ2n) is 11.4. The van der Waals surface area contributed by atoms with E-state index in [0.717, 1.165) is 15.4 Å². The van der Waals surface area contributed by atoms with Crippen LogP contribution in [0.4, 0.5) is 5.69 Å². The normalized spacial score (nSPS) is 12.3. The van der Waals surface area contributed by atoms with Crippen molar-refractivity contribution in [3.05, 3.63) is 130 Å². The third-order valence-electron chi connectivity index (χ3n) is 6.74. The van der Waals surface area contributed by atoms with Gasteiger partial charge in [-0.15, -0.1) is 0 Å². The largest absolute Gasteiger partial charge is 0.350 e. The Hall–Kier alpha value is -3.85. The van der Waals surface area contributed by atoms with E-state index in [1.54, 1.807) is 18.2 Å². The Bertz CT molecular complexity index is 1680. The number of hydrogen-bond acceptors (Lipinski definition) is 4. The van der Waals surface area contributed by atoms with Crippen molar-refractivity contribution in [1.82, 2.24) is 10.2 Å². The minimum atomic E-state index is -4.25. The first-order valence-electron chi connectivity index (χ1n) is 14.1. The number of nitrogens with one attached hydrogen (secondary N) is 1. The molecule has 0 spiro atoms. The molecule has 0 saturated heterocycles. The molecule has 0 heterocycles. The van der Waals surface area contributed by atoms with Crippen LogP contribution in [-0.4, -0.2) is 43.3 Å². The van der Waals surface area contributed by atoms with Crippen molar-refractivity contribution in [3.63, 3.8) is 0 Å². The fourth-order valence-electron chi connectivity index (χ4n) is 4.68. The monoisotopic (exact) mass is 651 g/mol. The van der Waals surface area contributed by atoms with Gasteiger partial charge >= 0.3 is 0 Å². The van der Waals surface area contributed by atoms with Gasteiger partial charge in [-0.1, -0.05) is 89.9 Å². The van der Waals surface area contributed by atoms with Crippen LogP contribution in [0.2, 0.25) is 10.0 Å². The van der Waals surface area contributed by atoms with Crippen LogP contribution in [0.5, 0.6) is 0 Å². The van der Waals surface area contributed by atoms with Gasteiger partial charge in [0.1, 0.15) is 12.6 Å². The zero-order valence-electron chi connectivity index (χ0n) is 24.8. The predicted octanol–water partition coefficient (Wildman–Crippen LogP) is 6.74. The number of halogens is 2. The number of nitrogens with zero attached hydrogens (tertiary/aromatic N) is 2. The van der Waals surface area contributed by atoms with Crippen LogP contribution < -0.4 is 9.62 Å². The summed E-state index contributed by atoms with van der Waals surface area (Å²) in [6, 6.07) is 29.8. The smallest absolute Gasteiger partial charge is 0.264 e. The highest BCUT2D eigenvalue weighted by atomic mass is 35.5. The summed E-state index contributed by atoms with van der Waals surface area (Å²) in [7, 11) is -4.25. The lowest BCUT2D eigenvalue weighted by Gasteiger charge is -2.35. The fourth-order valence-corrected chi connectivity index (χ4v) is 6.40. The molecule has 0 fully saturated rings. The van der Waals surface area contributed by atoms with Crippen molar-refractivity contribution in [3.8, 4) is 0 Å². The van der Waals surface area contributed by atoms with Crippen LogP contribution in [0, 0.1) is 0 Å². The van der Waals surface area contributed by atoms with Gasteiger partial charge in [0.2, 0.25) is 11.8 Å². The van der Waals surface area contributed by atoms with Gasteiger partial charge in [0.05, 0.1) is 10.6 Å². The molecule has 0 unspecified atom stereocenters. The Morgan fingerprint density at radius 2 is 1.36 bits per heavy atom. The standard InChI is InChI=1S/C34H35Cl2N3O4S/c1-34(2,3)37-33(41)31(21-25-11-6-4-7-12-25)38(23-26-13-8-5-9-14-26)32(40)24-39(29-16-10-15-28(36)22-29)44(42,43)30-19-17-27(35)18-20-30/h4-20,22,31H,21,23-24H2,1-3H3,(H,37,41)/t31-/m1/s1. The van der Waals surface area contributed by atoms with Gasteiger partial charge in [-0.25, -0.2) is 8.42 Å². The summed E-state index contributed by atoms with van der Waals surface area (Å²) in [6.45, 7) is 5.11. The molecule has 44 heavy (non-hydrogen) atoms. The molecule has 1 N–H and O–H groups in total. The maximum absolute atomic E-state index is 14.4. The number of carbonyl (C=O) groups excluding carboxylic acids is 2.